The minimum atomic E-state index is -5.77. The molecule has 136 valence electrons. The first kappa shape index (κ1) is 18.6. The molecular weight excluding hydrogens is 353 g/mol. The van der Waals surface area contributed by atoms with Crippen LogP contribution in [0.1, 0.15) is 33.6 Å². The fourth-order valence-electron chi connectivity index (χ4n) is 2.18. The van der Waals surface area contributed by atoms with E-state index in [1.807, 2.05) is 0 Å². The Balaban J connectivity index is 2.23. The van der Waals surface area contributed by atoms with Gasteiger partial charge in [-0.3, -0.25) is 0 Å². The van der Waals surface area contributed by atoms with E-state index in [1.54, 1.807) is 20.8 Å². The van der Waals surface area contributed by atoms with Crippen LogP contribution in [-0.2, 0) is 19.0 Å². The smallest absolute Gasteiger partial charge is 0.442 e. The third-order valence-corrected chi connectivity index (χ3v) is 4.07. The Morgan fingerprint density at radius 1 is 1.29 bits per heavy atom. The number of carbonyl (C=O) groups is 1. The van der Waals surface area contributed by atoms with Gasteiger partial charge in [-0.25, -0.2) is 15.2 Å². The van der Waals surface area contributed by atoms with E-state index < -0.39 is 33.1 Å². The molecule has 0 aromatic carbocycles. The zero-order valence-corrected chi connectivity index (χ0v) is 14.0. The van der Waals surface area contributed by atoms with Gasteiger partial charge in [0.15, 0.2) is 0 Å². The maximum atomic E-state index is 12.5. The summed E-state index contributed by atoms with van der Waals surface area (Å²) in [5, 5.41) is 1.07. The first-order chi connectivity index (χ1) is 10.8. The highest BCUT2D eigenvalue weighted by atomic mass is 32.2. The molecule has 0 atom stereocenters. The Labute approximate surface area is 137 Å². The zero-order valence-electron chi connectivity index (χ0n) is 13.2. The van der Waals surface area contributed by atoms with Gasteiger partial charge in [0, 0.05) is 12.1 Å². The summed E-state index contributed by atoms with van der Waals surface area (Å²) in [5.41, 5.74) is -3.11. The molecule has 0 aromatic rings. The van der Waals surface area contributed by atoms with E-state index in [-0.39, 0.29) is 18.5 Å². The maximum absolute atomic E-state index is 12.5. The Bertz CT molecular complexity index is 704. The van der Waals surface area contributed by atoms with Crippen molar-refractivity contribution in [2.75, 3.05) is 6.54 Å². The molecule has 1 aliphatic carbocycles. The number of nitrogens with one attached hydrogen (secondary N) is 1. The van der Waals surface area contributed by atoms with Crippen molar-refractivity contribution < 1.29 is 35.3 Å². The quantitative estimate of drug-likeness (QED) is 0.594. The van der Waals surface area contributed by atoms with E-state index in [1.165, 1.54) is 6.08 Å². The van der Waals surface area contributed by atoms with Crippen LogP contribution in [0, 0.1) is 0 Å². The SMILES string of the molecule is CC(C)(C)OC(=O)N1NCC2=C1CCC=C2OS(=O)(=O)C(F)(F)F. The van der Waals surface area contributed by atoms with E-state index in [2.05, 4.69) is 9.61 Å². The van der Waals surface area contributed by atoms with E-state index in [9.17, 15) is 26.4 Å². The molecule has 1 aliphatic heterocycles. The second-order valence-corrected chi connectivity index (χ2v) is 7.70. The third kappa shape index (κ3) is 3.83. The van der Waals surface area contributed by atoms with E-state index in [0.717, 1.165) is 5.01 Å². The van der Waals surface area contributed by atoms with Crippen LogP contribution in [0.25, 0.3) is 0 Å². The average molecular weight is 370 g/mol. The largest absolute Gasteiger partial charge is 0.534 e. The highest BCUT2D eigenvalue weighted by Crippen LogP contribution is 2.35. The molecule has 1 heterocycles. The number of amides is 1. The van der Waals surface area contributed by atoms with Gasteiger partial charge >= 0.3 is 21.7 Å². The molecule has 0 saturated heterocycles. The lowest BCUT2D eigenvalue weighted by atomic mass is 10.0. The van der Waals surface area contributed by atoms with Gasteiger partial charge in [-0.05, 0) is 39.7 Å². The predicted molar refractivity (Wildman–Crippen MR) is 76.5 cm³/mol. The maximum Gasteiger partial charge on any atom is 0.534 e. The number of nitrogens with zero attached hydrogens (tertiary/aromatic N) is 1. The van der Waals surface area contributed by atoms with Gasteiger partial charge in [-0.1, -0.05) is 0 Å². The zero-order chi connectivity index (χ0) is 18.3. The van der Waals surface area contributed by atoms with Crippen molar-refractivity contribution in [3.8, 4) is 0 Å². The second-order valence-electron chi connectivity index (χ2n) is 6.17. The number of hydrogen-bond donors (Lipinski definition) is 1. The normalized spacial score (nSPS) is 19.1. The van der Waals surface area contributed by atoms with E-state index >= 15 is 0 Å². The van der Waals surface area contributed by atoms with Crippen LogP contribution >= 0.6 is 0 Å². The van der Waals surface area contributed by atoms with Gasteiger partial charge < -0.3 is 8.92 Å². The molecule has 0 bridgehead atoms. The Morgan fingerprint density at radius 3 is 2.46 bits per heavy atom. The topological polar surface area (TPSA) is 84.9 Å². The number of carbonyl (C=O) groups excluding carboxylic acids is 1. The van der Waals surface area contributed by atoms with Crippen LogP contribution in [0.4, 0.5) is 18.0 Å². The van der Waals surface area contributed by atoms with Crippen LogP contribution in [0.15, 0.2) is 23.1 Å². The molecular formula is C13H17F3N2O5S. The van der Waals surface area contributed by atoms with Crippen molar-refractivity contribution in [3.63, 3.8) is 0 Å². The molecule has 0 saturated carbocycles. The van der Waals surface area contributed by atoms with Crippen molar-refractivity contribution in [2.45, 2.75) is 44.7 Å². The first-order valence-corrected chi connectivity index (χ1v) is 8.42. The number of hydrazine groups is 1. The van der Waals surface area contributed by atoms with Crippen LogP contribution in [0.2, 0.25) is 0 Å². The fourth-order valence-corrected chi connectivity index (χ4v) is 2.68. The van der Waals surface area contributed by atoms with Gasteiger partial charge in [0.1, 0.15) is 11.4 Å². The van der Waals surface area contributed by atoms with Crippen molar-refractivity contribution >= 4 is 16.2 Å². The van der Waals surface area contributed by atoms with Crippen molar-refractivity contribution in [3.05, 3.63) is 23.1 Å². The van der Waals surface area contributed by atoms with E-state index in [0.29, 0.717) is 12.1 Å². The predicted octanol–water partition coefficient (Wildman–Crippen LogP) is 2.54. The van der Waals surface area contributed by atoms with Crippen LogP contribution in [0.3, 0.4) is 0 Å². The lowest BCUT2D eigenvalue weighted by Crippen LogP contribution is -2.41. The third-order valence-electron chi connectivity index (χ3n) is 3.10. The molecule has 0 radical (unpaired) electrons. The molecule has 2 aliphatic rings. The lowest BCUT2D eigenvalue weighted by Gasteiger charge is -2.26. The summed E-state index contributed by atoms with van der Waals surface area (Å²) in [6.07, 6.45) is 1.08. The Kier molecular flexibility index (Phi) is 4.61. The summed E-state index contributed by atoms with van der Waals surface area (Å²) < 4.78 is 69.2. The van der Waals surface area contributed by atoms with Gasteiger partial charge in [0.25, 0.3) is 0 Å². The van der Waals surface area contributed by atoms with Gasteiger partial charge in [0.05, 0.1) is 5.70 Å². The summed E-state index contributed by atoms with van der Waals surface area (Å²) in [4.78, 5) is 12.1. The molecule has 1 N–H and O–H groups in total. The minimum Gasteiger partial charge on any atom is -0.442 e. The molecule has 7 nitrogen and oxygen atoms in total. The number of allylic oxidation sites excluding steroid dienone is 2. The summed E-state index contributed by atoms with van der Waals surface area (Å²) in [6.45, 7) is 4.96. The molecule has 11 heteroatoms. The van der Waals surface area contributed by atoms with Gasteiger partial charge in [0.2, 0.25) is 0 Å². The summed E-state index contributed by atoms with van der Waals surface area (Å²) >= 11 is 0. The van der Waals surface area contributed by atoms with Gasteiger partial charge in [-0.2, -0.15) is 21.6 Å². The summed E-state index contributed by atoms with van der Waals surface area (Å²) in [5.74, 6) is -0.424. The van der Waals surface area contributed by atoms with Crippen molar-refractivity contribution in [2.24, 2.45) is 0 Å². The molecule has 0 spiro atoms. The highest BCUT2D eigenvalue weighted by molar-refractivity contribution is 7.87. The Morgan fingerprint density at radius 2 is 1.92 bits per heavy atom. The Hall–Kier alpha value is -1.75. The monoisotopic (exact) mass is 370 g/mol. The second kappa shape index (κ2) is 5.96. The minimum absolute atomic E-state index is 0.0478. The summed E-state index contributed by atoms with van der Waals surface area (Å²) in [6, 6.07) is 0. The van der Waals surface area contributed by atoms with E-state index in [4.69, 9.17) is 4.74 Å². The van der Waals surface area contributed by atoms with Crippen LogP contribution in [0.5, 0.6) is 0 Å². The van der Waals surface area contributed by atoms with Crippen molar-refractivity contribution in [1.29, 1.82) is 0 Å². The molecule has 24 heavy (non-hydrogen) atoms. The number of hydrogen-bond acceptors (Lipinski definition) is 6. The van der Waals surface area contributed by atoms with Crippen molar-refractivity contribution in [1.82, 2.24) is 10.4 Å². The number of ether oxygens (including phenoxy) is 1. The molecule has 1 amide bonds. The first-order valence-electron chi connectivity index (χ1n) is 7.02. The lowest BCUT2D eigenvalue weighted by molar-refractivity contribution is -0.0520. The highest BCUT2D eigenvalue weighted by Gasteiger charge is 2.49. The average Bonchev–Trinajstić information content (AvgIpc) is 2.79. The molecule has 0 unspecified atom stereocenters. The van der Waals surface area contributed by atoms with Crippen LogP contribution in [-0.4, -0.2) is 37.2 Å². The number of rotatable bonds is 2. The number of halogens is 3. The van der Waals surface area contributed by atoms with Gasteiger partial charge in [-0.15, -0.1) is 0 Å². The molecule has 0 aromatic heterocycles. The van der Waals surface area contributed by atoms with Crippen LogP contribution < -0.4 is 5.43 Å². The fraction of sp³-hybridized carbons (Fsp3) is 0.615. The number of alkyl halides is 3. The molecule has 2 rings (SSSR count). The molecule has 0 fully saturated rings. The standard InChI is InChI=1S/C13H17F3N2O5S/c1-12(2,3)22-11(19)18-9-5-4-6-10(8(9)7-17-18)23-24(20,21)13(14,15)16/h6,17H,4-5,7H2,1-3H3. The summed E-state index contributed by atoms with van der Waals surface area (Å²) in [7, 11) is -5.77.